The van der Waals surface area contributed by atoms with Gasteiger partial charge in [-0.25, -0.2) is 4.79 Å². The molecule has 0 bridgehead atoms. The van der Waals surface area contributed by atoms with Crippen molar-refractivity contribution in [1.82, 2.24) is 4.98 Å². The summed E-state index contributed by atoms with van der Waals surface area (Å²) in [7, 11) is 1.60. The van der Waals surface area contributed by atoms with Gasteiger partial charge in [-0.15, -0.1) is 0 Å². The molecule has 0 saturated heterocycles. The predicted molar refractivity (Wildman–Crippen MR) is 70.3 cm³/mol. The molecule has 0 unspecified atom stereocenters. The van der Waals surface area contributed by atoms with E-state index < -0.39 is 5.97 Å². The minimum absolute atomic E-state index is 0.138. The number of aromatic amines is 1. The molecule has 0 spiro atoms. The molecule has 96 valence electrons. The van der Waals surface area contributed by atoms with Gasteiger partial charge in [0.15, 0.2) is 0 Å². The normalized spacial score (nSPS) is 10.8. The van der Waals surface area contributed by atoms with Crippen LogP contribution in [0.2, 0.25) is 0 Å². The number of ether oxygens (including phenoxy) is 2. The molecule has 1 aromatic carbocycles. The van der Waals surface area contributed by atoms with Crippen molar-refractivity contribution in [2.24, 2.45) is 0 Å². The fourth-order valence-electron chi connectivity index (χ4n) is 1.62. The van der Waals surface area contributed by atoms with Crippen LogP contribution in [-0.4, -0.2) is 36.4 Å². The van der Waals surface area contributed by atoms with Crippen molar-refractivity contribution in [3.05, 3.63) is 28.4 Å². The van der Waals surface area contributed by atoms with Gasteiger partial charge in [0.25, 0.3) is 0 Å². The highest BCUT2D eigenvalue weighted by atomic mass is 79.9. The Morgan fingerprint density at radius 3 is 2.89 bits per heavy atom. The van der Waals surface area contributed by atoms with Crippen LogP contribution in [0.3, 0.4) is 0 Å². The second-order valence-electron chi connectivity index (χ2n) is 3.67. The monoisotopic (exact) mass is 313 g/mol. The Labute approximate surface area is 112 Å². The van der Waals surface area contributed by atoms with Crippen LogP contribution in [0.15, 0.2) is 22.7 Å². The summed E-state index contributed by atoms with van der Waals surface area (Å²) in [6, 6.07) is 5.37. The number of halogens is 1. The third kappa shape index (κ3) is 2.49. The molecule has 18 heavy (non-hydrogen) atoms. The Hall–Kier alpha value is -1.53. The number of benzene rings is 1. The molecule has 2 rings (SSSR count). The highest BCUT2D eigenvalue weighted by Crippen LogP contribution is 2.30. The molecule has 0 aliphatic rings. The fraction of sp³-hybridized carbons (Fsp3) is 0.250. The maximum Gasteiger partial charge on any atom is 0.353 e. The summed E-state index contributed by atoms with van der Waals surface area (Å²) in [5, 5.41) is 9.81. The Kier molecular flexibility index (Phi) is 3.88. The summed E-state index contributed by atoms with van der Waals surface area (Å²) in [4.78, 5) is 13.8. The van der Waals surface area contributed by atoms with Gasteiger partial charge in [0.1, 0.15) is 18.1 Å². The Morgan fingerprint density at radius 2 is 2.22 bits per heavy atom. The molecule has 0 aliphatic carbocycles. The Balaban J connectivity index is 2.31. The van der Waals surface area contributed by atoms with Crippen molar-refractivity contribution in [2.75, 3.05) is 20.3 Å². The van der Waals surface area contributed by atoms with Gasteiger partial charge in [0, 0.05) is 18.6 Å². The van der Waals surface area contributed by atoms with Gasteiger partial charge in [-0.1, -0.05) is 0 Å². The lowest BCUT2D eigenvalue weighted by Crippen LogP contribution is -2.03. The molecule has 6 heteroatoms. The largest absolute Gasteiger partial charge is 0.491 e. The van der Waals surface area contributed by atoms with Gasteiger partial charge < -0.3 is 19.6 Å². The molecule has 1 heterocycles. The van der Waals surface area contributed by atoms with Crippen LogP contribution in [0.4, 0.5) is 0 Å². The summed E-state index contributed by atoms with van der Waals surface area (Å²) in [6.07, 6.45) is 0. The van der Waals surface area contributed by atoms with Gasteiger partial charge >= 0.3 is 5.97 Å². The average Bonchev–Trinajstić information content (AvgIpc) is 2.67. The minimum atomic E-state index is -1.00. The number of carboxylic acid groups (broad SMARTS) is 1. The van der Waals surface area contributed by atoms with E-state index in [9.17, 15) is 4.79 Å². The van der Waals surface area contributed by atoms with E-state index in [1.807, 2.05) is 6.07 Å². The first-order valence-corrected chi connectivity index (χ1v) is 6.09. The number of hydrogen-bond acceptors (Lipinski definition) is 3. The van der Waals surface area contributed by atoms with E-state index >= 15 is 0 Å². The number of H-pyrrole nitrogens is 1. The van der Waals surface area contributed by atoms with Crippen LogP contribution in [0, 0.1) is 0 Å². The van der Waals surface area contributed by atoms with E-state index in [1.165, 1.54) is 0 Å². The third-order valence-electron chi connectivity index (χ3n) is 2.48. The Bertz CT molecular complexity index is 579. The molecule has 0 atom stereocenters. The number of aromatic carboxylic acids is 1. The summed E-state index contributed by atoms with van der Waals surface area (Å²) in [5.41, 5.74) is 0.855. The first-order chi connectivity index (χ1) is 8.63. The zero-order valence-corrected chi connectivity index (χ0v) is 11.3. The van der Waals surface area contributed by atoms with Crippen molar-refractivity contribution in [2.45, 2.75) is 0 Å². The molecule has 2 aromatic rings. The molecule has 5 nitrogen and oxygen atoms in total. The quantitative estimate of drug-likeness (QED) is 0.832. The molecular weight excluding hydrogens is 302 g/mol. The number of methoxy groups -OCH3 is 1. The molecule has 2 N–H and O–H groups in total. The minimum Gasteiger partial charge on any atom is -0.491 e. The number of aromatic nitrogens is 1. The molecule has 1 aromatic heterocycles. The number of carbonyl (C=O) groups is 1. The SMILES string of the molecule is COCCOc1ccc2c(Br)c(C(=O)O)[nH]c2c1. The van der Waals surface area contributed by atoms with Crippen LogP contribution in [-0.2, 0) is 4.74 Å². The standard InChI is InChI=1S/C12H12BrNO4/c1-17-4-5-18-7-2-3-8-9(6-7)14-11(10(8)13)12(15)16/h2-3,6,14H,4-5H2,1H3,(H,15,16). The molecule has 0 fully saturated rings. The van der Waals surface area contributed by atoms with Gasteiger partial charge in [-0.2, -0.15) is 0 Å². The van der Waals surface area contributed by atoms with Gasteiger partial charge in [-0.3, -0.25) is 0 Å². The molecule has 0 saturated carbocycles. The lowest BCUT2D eigenvalue weighted by Gasteiger charge is -2.04. The molecular formula is C12H12BrNO4. The van der Waals surface area contributed by atoms with Crippen molar-refractivity contribution in [1.29, 1.82) is 0 Å². The van der Waals surface area contributed by atoms with Crippen LogP contribution in [0.25, 0.3) is 10.9 Å². The lowest BCUT2D eigenvalue weighted by atomic mass is 10.2. The highest BCUT2D eigenvalue weighted by molar-refractivity contribution is 9.10. The summed E-state index contributed by atoms with van der Waals surface area (Å²) in [5.74, 6) is -0.329. The Morgan fingerprint density at radius 1 is 1.44 bits per heavy atom. The highest BCUT2D eigenvalue weighted by Gasteiger charge is 2.15. The molecule has 0 amide bonds. The maximum absolute atomic E-state index is 11.0. The number of rotatable bonds is 5. The fourth-order valence-corrected chi connectivity index (χ4v) is 2.24. The van der Waals surface area contributed by atoms with Crippen LogP contribution in [0.1, 0.15) is 10.5 Å². The second kappa shape index (κ2) is 5.41. The van der Waals surface area contributed by atoms with E-state index in [0.717, 1.165) is 5.39 Å². The van der Waals surface area contributed by atoms with Crippen molar-refractivity contribution >= 4 is 32.8 Å². The van der Waals surface area contributed by atoms with Crippen molar-refractivity contribution in [3.8, 4) is 5.75 Å². The first kappa shape index (κ1) is 12.9. The topological polar surface area (TPSA) is 71.6 Å². The van der Waals surface area contributed by atoms with Crippen LogP contribution >= 0.6 is 15.9 Å². The summed E-state index contributed by atoms with van der Waals surface area (Å²) < 4.78 is 10.9. The zero-order valence-electron chi connectivity index (χ0n) is 9.70. The number of nitrogens with one attached hydrogen (secondary N) is 1. The van der Waals surface area contributed by atoms with E-state index in [2.05, 4.69) is 20.9 Å². The van der Waals surface area contributed by atoms with Gasteiger partial charge in [-0.05, 0) is 28.1 Å². The maximum atomic E-state index is 11.0. The summed E-state index contributed by atoms with van der Waals surface area (Å²) >= 11 is 3.27. The van der Waals surface area contributed by atoms with Crippen molar-refractivity contribution < 1.29 is 19.4 Å². The smallest absolute Gasteiger partial charge is 0.353 e. The number of carboxylic acids is 1. The number of hydrogen-bond donors (Lipinski definition) is 2. The van der Waals surface area contributed by atoms with Gasteiger partial charge in [0.05, 0.1) is 16.6 Å². The second-order valence-corrected chi connectivity index (χ2v) is 4.46. The van der Waals surface area contributed by atoms with E-state index in [-0.39, 0.29) is 5.69 Å². The first-order valence-electron chi connectivity index (χ1n) is 5.29. The van der Waals surface area contributed by atoms with E-state index in [0.29, 0.717) is 29.0 Å². The third-order valence-corrected chi connectivity index (χ3v) is 3.30. The average molecular weight is 314 g/mol. The lowest BCUT2D eigenvalue weighted by molar-refractivity contribution is 0.0690. The van der Waals surface area contributed by atoms with Crippen LogP contribution < -0.4 is 4.74 Å². The van der Waals surface area contributed by atoms with E-state index in [1.54, 1.807) is 19.2 Å². The predicted octanol–water partition coefficient (Wildman–Crippen LogP) is 2.65. The molecule has 0 aliphatic heterocycles. The van der Waals surface area contributed by atoms with Gasteiger partial charge in [0.2, 0.25) is 0 Å². The summed E-state index contributed by atoms with van der Waals surface area (Å²) in [6.45, 7) is 0.961. The number of fused-ring (bicyclic) bond motifs is 1. The van der Waals surface area contributed by atoms with E-state index in [4.69, 9.17) is 14.6 Å². The van der Waals surface area contributed by atoms with Crippen LogP contribution in [0.5, 0.6) is 5.75 Å². The van der Waals surface area contributed by atoms with Crippen molar-refractivity contribution in [3.63, 3.8) is 0 Å². The molecule has 0 radical (unpaired) electrons. The zero-order chi connectivity index (χ0) is 13.1.